The van der Waals surface area contributed by atoms with E-state index in [2.05, 4.69) is 10.5 Å². The third-order valence-electron chi connectivity index (χ3n) is 4.90. The number of aromatic nitrogens is 1. The quantitative estimate of drug-likeness (QED) is 0.554. The topological polar surface area (TPSA) is 122 Å². The maximum Gasteiger partial charge on any atom is 0.310 e. The molecule has 1 fully saturated rings. The largest absolute Gasteiger partial charge is 0.466 e. The lowest BCUT2D eigenvalue weighted by Crippen LogP contribution is -2.47. The van der Waals surface area contributed by atoms with Crippen LogP contribution in [0.15, 0.2) is 10.6 Å². The number of rotatable bonds is 9. The molecule has 172 valence electrons. The normalized spacial score (nSPS) is 17.0. The van der Waals surface area contributed by atoms with Crippen LogP contribution in [0.25, 0.3) is 0 Å². The first-order valence-electron chi connectivity index (χ1n) is 10.2. The van der Waals surface area contributed by atoms with Crippen molar-refractivity contribution in [1.29, 1.82) is 0 Å². The molecule has 2 atom stereocenters. The monoisotopic (exact) mass is 454 g/mol. The number of amides is 3. The van der Waals surface area contributed by atoms with E-state index in [1.54, 1.807) is 38.8 Å². The lowest BCUT2D eigenvalue weighted by molar-refractivity contribution is -0.152. The highest BCUT2D eigenvalue weighted by atomic mass is 32.2. The summed E-state index contributed by atoms with van der Waals surface area (Å²) in [6.45, 7) is 6.27. The van der Waals surface area contributed by atoms with Gasteiger partial charge in [-0.25, -0.2) is 0 Å². The van der Waals surface area contributed by atoms with E-state index < -0.39 is 5.25 Å². The smallest absolute Gasteiger partial charge is 0.310 e. The number of nitrogens with one attached hydrogen (secondary N) is 1. The van der Waals surface area contributed by atoms with Crippen molar-refractivity contribution in [2.45, 2.75) is 38.9 Å². The third kappa shape index (κ3) is 7.57. The molecule has 1 aromatic heterocycles. The number of anilines is 1. The van der Waals surface area contributed by atoms with E-state index in [4.69, 9.17) is 9.26 Å². The van der Waals surface area contributed by atoms with E-state index in [-0.39, 0.29) is 41.9 Å². The molecule has 2 unspecified atom stereocenters. The molecule has 1 aliphatic rings. The van der Waals surface area contributed by atoms with Crippen LogP contribution in [0.5, 0.6) is 0 Å². The lowest BCUT2D eigenvalue weighted by Gasteiger charge is -2.32. The molecule has 31 heavy (non-hydrogen) atoms. The van der Waals surface area contributed by atoms with Gasteiger partial charge in [0.2, 0.25) is 17.7 Å². The van der Waals surface area contributed by atoms with Gasteiger partial charge in [0.1, 0.15) is 5.76 Å². The first-order valence-corrected chi connectivity index (χ1v) is 11.3. The molecule has 0 aromatic carbocycles. The predicted octanol–water partition coefficient (Wildman–Crippen LogP) is 1.30. The zero-order chi connectivity index (χ0) is 23.0. The molecule has 1 N–H and O–H groups in total. The van der Waals surface area contributed by atoms with Gasteiger partial charge in [-0.1, -0.05) is 5.16 Å². The van der Waals surface area contributed by atoms with Crippen LogP contribution in [0.3, 0.4) is 0 Å². The molecule has 0 radical (unpaired) electrons. The first-order chi connectivity index (χ1) is 14.7. The maximum atomic E-state index is 12.6. The van der Waals surface area contributed by atoms with Crippen molar-refractivity contribution in [2.24, 2.45) is 5.92 Å². The number of likely N-dealkylation sites (tertiary alicyclic amines) is 1. The van der Waals surface area contributed by atoms with Gasteiger partial charge < -0.3 is 24.4 Å². The minimum absolute atomic E-state index is 0.0572. The summed E-state index contributed by atoms with van der Waals surface area (Å²) in [5, 5.41) is 5.84. The Bertz CT molecular complexity index is 798. The number of likely N-dealkylation sites (N-methyl/N-ethyl adjacent to an activating group) is 1. The van der Waals surface area contributed by atoms with Gasteiger partial charge in [0.15, 0.2) is 5.82 Å². The van der Waals surface area contributed by atoms with Gasteiger partial charge in [0, 0.05) is 26.2 Å². The number of piperidine rings is 1. The maximum absolute atomic E-state index is 12.6. The van der Waals surface area contributed by atoms with E-state index in [1.165, 1.54) is 16.7 Å². The standard InChI is InChI=1S/C20H30N4O6S/c1-5-29-20(28)15-7-6-8-24(10-15)17(25)11-23(4)18(26)12-31-14(3)19(27)21-16-9-13(2)30-22-16/h9,14-15H,5-8,10-12H2,1-4H3,(H,21,22,27). The molecule has 2 rings (SSSR count). The molecule has 3 amide bonds. The number of esters is 1. The number of hydrogen-bond acceptors (Lipinski definition) is 8. The third-order valence-corrected chi connectivity index (χ3v) is 6.03. The minimum Gasteiger partial charge on any atom is -0.466 e. The molecule has 0 bridgehead atoms. The summed E-state index contributed by atoms with van der Waals surface area (Å²) >= 11 is 1.17. The zero-order valence-electron chi connectivity index (χ0n) is 18.4. The highest BCUT2D eigenvalue weighted by molar-refractivity contribution is 8.01. The van der Waals surface area contributed by atoms with Crippen molar-refractivity contribution >= 4 is 41.3 Å². The van der Waals surface area contributed by atoms with Gasteiger partial charge in [0.05, 0.1) is 30.1 Å². The van der Waals surface area contributed by atoms with Crippen LogP contribution in [0.1, 0.15) is 32.4 Å². The van der Waals surface area contributed by atoms with Gasteiger partial charge >= 0.3 is 5.97 Å². The summed E-state index contributed by atoms with van der Waals surface area (Å²) in [4.78, 5) is 52.1. The number of thioether (sulfide) groups is 1. The summed E-state index contributed by atoms with van der Waals surface area (Å²) in [6.07, 6.45) is 1.42. The summed E-state index contributed by atoms with van der Waals surface area (Å²) in [5.41, 5.74) is 0. The fourth-order valence-corrected chi connectivity index (χ4v) is 3.91. The molecule has 11 heteroatoms. The fourth-order valence-electron chi connectivity index (χ4n) is 3.08. The molecule has 1 saturated heterocycles. The van der Waals surface area contributed by atoms with Crippen molar-refractivity contribution in [3.63, 3.8) is 0 Å². The molecule has 10 nitrogen and oxygen atoms in total. The number of aryl methyl sites for hydroxylation is 1. The fraction of sp³-hybridized carbons (Fsp3) is 0.650. The van der Waals surface area contributed by atoms with Gasteiger partial charge in [-0.3, -0.25) is 19.2 Å². The Kier molecular flexibility index (Phi) is 9.35. The van der Waals surface area contributed by atoms with E-state index in [1.807, 2.05) is 0 Å². The van der Waals surface area contributed by atoms with Gasteiger partial charge in [-0.05, 0) is 33.6 Å². The predicted molar refractivity (Wildman–Crippen MR) is 115 cm³/mol. The Balaban J connectivity index is 1.76. The summed E-state index contributed by atoms with van der Waals surface area (Å²) < 4.78 is 9.95. The average molecular weight is 455 g/mol. The molecule has 1 aliphatic heterocycles. The minimum atomic E-state index is -0.488. The van der Waals surface area contributed by atoms with Crippen molar-refractivity contribution < 1.29 is 28.4 Å². The Hall–Kier alpha value is -2.56. The summed E-state index contributed by atoms with van der Waals surface area (Å²) in [5.74, 6) is -0.386. The number of nitrogens with zero attached hydrogens (tertiary/aromatic N) is 3. The van der Waals surface area contributed by atoms with Crippen LogP contribution in [0, 0.1) is 12.8 Å². The van der Waals surface area contributed by atoms with Crippen molar-refractivity contribution in [2.75, 3.05) is 44.4 Å². The van der Waals surface area contributed by atoms with Gasteiger partial charge in [-0.2, -0.15) is 0 Å². The Morgan fingerprint density at radius 1 is 1.42 bits per heavy atom. The van der Waals surface area contributed by atoms with Crippen LogP contribution in [0.2, 0.25) is 0 Å². The molecule has 0 spiro atoms. The Morgan fingerprint density at radius 2 is 2.16 bits per heavy atom. The second-order valence-electron chi connectivity index (χ2n) is 7.45. The van der Waals surface area contributed by atoms with Crippen molar-refractivity contribution in [3.05, 3.63) is 11.8 Å². The SMILES string of the molecule is CCOC(=O)C1CCCN(C(=O)CN(C)C(=O)CSC(C)C(=O)Nc2cc(C)on2)C1. The van der Waals surface area contributed by atoms with Crippen molar-refractivity contribution in [3.8, 4) is 0 Å². The molecule has 0 aliphatic carbocycles. The van der Waals surface area contributed by atoms with E-state index >= 15 is 0 Å². The highest BCUT2D eigenvalue weighted by Gasteiger charge is 2.30. The van der Waals surface area contributed by atoms with Gasteiger partial charge in [-0.15, -0.1) is 11.8 Å². The Morgan fingerprint density at radius 3 is 2.81 bits per heavy atom. The number of carbonyl (C=O) groups excluding carboxylic acids is 4. The average Bonchev–Trinajstić information content (AvgIpc) is 3.16. The van der Waals surface area contributed by atoms with E-state index in [0.29, 0.717) is 37.7 Å². The number of ether oxygens (including phenoxy) is 1. The first kappa shape index (κ1) is 24.7. The van der Waals surface area contributed by atoms with Crippen LogP contribution in [-0.2, 0) is 23.9 Å². The second-order valence-corrected chi connectivity index (χ2v) is 8.78. The van der Waals surface area contributed by atoms with E-state index in [9.17, 15) is 19.2 Å². The lowest BCUT2D eigenvalue weighted by atomic mass is 9.98. The van der Waals surface area contributed by atoms with Crippen molar-refractivity contribution in [1.82, 2.24) is 15.0 Å². The Labute approximate surface area is 186 Å². The molecular formula is C20H30N4O6S. The van der Waals surface area contributed by atoms with Crippen LogP contribution >= 0.6 is 11.8 Å². The van der Waals surface area contributed by atoms with E-state index in [0.717, 1.165) is 6.42 Å². The number of hydrogen-bond donors (Lipinski definition) is 1. The second kappa shape index (κ2) is 11.7. The molecule has 1 aromatic rings. The molecular weight excluding hydrogens is 424 g/mol. The molecule has 0 saturated carbocycles. The highest BCUT2D eigenvalue weighted by Crippen LogP contribution is 2.19. The van der Waals surface area contributed by atoms with Crippen LogP contribution < -0.4 is 5.32 Å². The number of carbonyl (C=O) groups is 4. The molecule has 2 heterocycles. The zero-order valence-corrected chi connectivity index (χ0v) is 19.2. The van der Waals surface area contributed by atoms with Crippen LogP contribution in [0.4, 0.5) is 5.82 Å². The van der Waals surface area contributed by atoms with Crippen LogP contribution in [-0.4, -0.2) is 82.9 Å². The summed E-state index contributed by atoms with van der Waals surface area (Å²) in [6, 6.07) is 1.60. The van der Waals surface area contributed by atoms with Gasteiger partial charge in [0.25, 0.3) is 0 Å². The summed E-state index contributed by atoms with van der Waals surface area (Å²) in [7, 11) is 1.55.